The molecule has 1 aromatic rings. The monoisotopic (exact) mass is 250 g/mol. The van der Waals surface area contributed by atoms with Crippen LogP contribution in [0.3, 0.4) is 0 Å². The summed E-state index contributed by atoms with van der Waals surface area (Å²) >= 11 is 0. The largest absolute Gasteiger partial charge is 0.342 e. The fourth-order valence-corrected chi connectivity index (χ4v) is 2.35. The van der Waals surface area contributed by atoms with E-state index in [-0.39, 0.29) is 11.7 Å². The van der Waals surface area contributed by atoms with Crippen LogP contribution in [0.25, 0.3) is 0 Å². The van der Waals surface area contributed by atoms with Crippen LogP contribution in [-0.2, 0) is 11.2 Å². The molecule has 4 heteroatoms. The molecule has 98 valence electrons. The summed E-state index contributed by atoms with van der Waals surface area (Å²) in [5, 5.41) is 3.23. The highest BCUT2D eigenvalue weighted by Crippen LogP contribution is 2.12. The zero-order valence-corrected chi connectivity index (χ0v) is 10.7. The summed E-state index contributed by atoms with van der Waals surface area (Å²) in [4.78, 5) is 13.9. The van der Waals surface area contributed by atoms with Crippen LogP contribution in [0.2, 0.25) is 0 Å². The predicted molar refractivity (Wildman–Crippen MR) is 68.8 cm³/mol. The first-order chi connectivity index (χ1) is 8.69. The number of rotatable bonds is 3. The molecule has 3 nitrogen and oxygen atoms in total. The number of likely N-dealkylation sites (tertiary alicyclic amines) is 1. The van der Waals surface area contributed by atoms with E-state index in [0.717, 1.165) is 31.5 Å². The lowest BCUT2D eigenvalue weighted by molar-refractivity contribution is -0.131. The molecule has 0 saturated carbocycles. The molecule has 0 bridgehead atoms. The summed E-state index contributed by atoms with van der Waals surface area (Å²) in [5.41, 5.74) is 0.746. The molecule has 0 aliphatic carbocycles. The van der Waals surface area contributed by atoms with Crippen molar-refractivity contribution in [2.75, 3.05) is 20.1 Å². The summed E-state index contributed by atoms with van der Waals surface area (Å²) in [5.74, 6) is -0.190. The zero-order valence-electron chi connectivity index (χ0n) is 10.7. The number of benzene rings is 1. The van der Waals surface area contributed by atoms with Crippen molar-refractivity contribution in [2.24, 2.45) is 0 Å². The molecule has 1 N–H and O–H groups in total. The van der Waals surface area contributed by atoms with Gasteiger partial charge >= 0.3 is 0 Å². The Balaban J connectivity index is 1.89. The molecule has 1 amide bonds. The second kappa shape index (κ2) is 5.96. The van der Waals surface area contributed by atoms with E-state index >= 15 is 0 Å². The molecule has 0 unspecified atom stereocenters. The Kier molecular flexibility index (Phi) is 4.31. The predicted octanol–water partition coefficient (Wildman–Crippen LogP) is 1.58. The summed E-state index contributed by atoms with van der Waals surface area (Å²) in [6.07, 6.45) is 2.28. The van der Waals surface area contributed by atoms with Gasteiger partial charge in [-0.3, -0.25) is 4.79 Å². The van der Waals surface area contributed by atoms with Gasteiger partial charge in [-0.1, -0.05) is 12.1 Å². The normalized spacial score (nSPS) is 16.9. The highest BCUT2D eigenvalue weighted by atomic mass is 19.1. The Morgan fingerprint density at radius 2 is 2.17 bits per heavy atom. The van der Waals surface area contributed by atoms with Gasteiger partial charge in [0.15, 0.2) is 0 Å². The standard InChI is InChI=1S/C14H19FN2O/c1-16-13-5-7-17(8-6-13)14(18)10-11-3-2-4-12(15)9-11/h2-4,9,13,16H,5-8,10H2,1H3. The number of carbonyl (C=O) groups is 1. The molecule has 18 heavy (non-hydrogen) atoms. The second-order valence-electron chi connectivity index (χ2n) is 4.75. The number of hydrogen-bond acceptors (Lipinski definition) is 2. The van der Waals surface area contributed by atoms with Crippen LogP contribution in [0, 0.1) is 5.82 Å². The molecule has 0 aromatic heterocycles. The molecule has 0 atom stereocenters. The van der Waals surface area contributed by atoms with E-state index in [2.05, 4.69) is 5.32 Å². The lowest BCUT2D eigenvalue weighted by Crippen LogP contribution is -2.44. The van der Waals surface area contributed by atoms with E-state index in [4.69, 9.17) is 0 Å². The lowest BCUT2D eigenvalue weighted by atomic mass is 10.0. The van der Waals surface area contributed by atoms with Crippen molar-refractivity contribution in [3.8, 4) is 0 Å². The van der Waals surface area contributed by atoms with Gasteiger partial charge in [-0.15, -0.1) is 0 Å². The smallest absolute Gasteiger partial charge is 0.226 e. The molecule has 1 aliphatic heterocycles. The van der Waals surface area contributed by atoms with E-state index in [0.29, 0.717) is 12.5 Å². The maximum absolute atomic E-state index is 13.0. The van der Waals surface area contributed by atoms with Gasteiger partial charge in [-0.05, 0) is 37.6 Å². The summed E-state index contributed by atoms with van der Waals surface area (Å²) in [7, 11) is 1.95. The fourth-order valence-electron chi connectivity index (χ4n) is 2.35. The van der Waals surface area contributed by atoms with Gasteiger partial charge in [0, 0.05) is 19.1 Å². The molecule has 1 saturated heterocycles. The molecular weight excluding hydrogens is 231 g/mol. The molecule has 0 radical (unpaired) electrons. The SMILES string of the molecule is CNC1CCN(C(=O)Cc2cccc(F)c2)CC1. The molecule has 2 rings (SSSR count). The maximum Gasteiger partial charge on any atom is 0.226 e. The van der Waals surface area contributed by atoms with E-state index < -0.39 is 0 Å². The number of amides is 1. The first-order valence-corrected chi connectivity index (χ1v) is 6.38. The summed E-state index contributed by atoms with van der Waals surface area (Å²) in [6.45, 7) is 1.58. The number of hydrogen-bond donors (Lipinski definition) is 1. The summed E-state index contributed by atoms with van der Waals surface area (Å²) < 4.78 is 13.0. The van der Waals surface area contributed by atoms with Crippen molar-refractivity contribution in [2.45, 2.75) is 25.3 Å². The van der Waals surface area contributed by atoms with Crippen LogP contribution in [0.1, 0.15) is 18.4 Å². The minimum atomic E-state index is -0.283. The number of piperidine rings is 1. The van der Waals surface area contributed by atoms with Crippen molar-refractivity contribution in [1.82, 2.24) is 10.2 Å². The number of nitrogens with one attached hydrogen (secondary N) is 1. The van der Waals surface area contributed by atoms with Crippen LogP contribution in [0.4, 0.5) is 4.39 Å². The van der Waals surface area contributed by atoms with Crippen LogP contribution < -0.4 is 5.32 Å². The molecular formula is C14H19FN2O. The van der Waals surface area contributed by atoms with Gasteiger partial charge in [0.1, 0.15) is 5.82 Å². The highest BCUT2D eigenvalue weighted by Gasteiger charge is 2.21. The maximum atomic E-state index is 13.0. The number of carbonyl (C=O) groups excluding carboxylic acids is 1. The van der Waals surface area contributed by atoms with E-state index in [1.165, 1.54) is 12.1 Å². The van der Waals surface area contributed by atoms with Gasteiger partial charge in [0.2, 0.25) is 5.91 Å². The molecule has 1 aromatic carbocycles. The van der Waals surface area contributed by atoms with Gasteiger partial charge in [-0.2, -0.15) is 0 Å². The number of nitrogens with zero attached hydrogens (tertiary/aromatic N) is 1. The third kappa shape index (κ3) is 3.29. The van der Waals surface area contributed by atoms with Crippen LogP contribution in [0.5, 0.6) is 0 Å². The van der Waals surface area contributed by atoms with Crippen LogP contribution in [0.15, 0.2) is 24.3 Å². The Hall–Kier alpha value is -1.42. The van der Waals surface area contributed by atoms with Crippen molar-refractivity contribution in [3.63, 3.8) is 0 Å². The summed E-state index contributed by atoms with van der Waals surface area (Å²) in [6, 6.07) is 6.78. The third-order valence-corrected chi connectivity index (χ3v) is 3.50. The topological polar surface area (TPSA) is 32.3 Å². The molecule has 1 heterocycles. The molecule has 1 fully saturated rings. The van der Waals surface area contributed by atoms with Gasteiger partial charge < -0.3 is 10.2 Å². The Bertz CT molecular complexity index is 414. The quantitative estimate of drug-likeness (QED) is 0.883. The zero-order chi connectivity index (χ0) is 13.0. The van der Waals surface area contributed by atoms with Crippen molar-refractivity contribution < 1.29 is 9.18 Å². The Morgan fingerprint density at radius 1 is 1.44 bits per heavy atom. The third-order valence-electron chi connectivity index (χ3n) is 3.50. The Labute approximate surface area is 107 Å². The van der Waals surface area contributed by atoms with Gasteiger partial charge in [-0.25, -0.2) is 4.39 Å². The minimum absolute atomic E-state index is 0.0927. The fraction of sp³-hybridized carbons (Fsp3) is 0.500. The molecule has 0 spiro atoms. The number of halogens is 1. The van der Waals surface area contributed by atoms with E-state index in [9.17, 15) is 9.18 Å². The Morgan fingerprint density at radius 3 is 2.78 bits per heavy atom. The van der Waals surface area contributed by atoms with Crippen molar-refractivity contribution in [3.05, 3.63) is 35.6 Å². The average Bonchev–Trinajstić information content (AvgIpc) is 2.39. The first kappa shape index (κ1) is 13.0. The molecule has 1 aliphatic rings. The van der Waals surface area contributed by atoms with Gasteiger partial charge in [0.05, 0.1) is 6.42 Å². The van der Waals surface area contributed by atoms with Gasteiger partial charge in [0.25, 0.3) is 0 Å². The van der Waals surface area contributed by atoms with Crippen LogP contribution >= 0.6 is 0 Å². The van der Waals surface area contributed by atoms with Crippen molar-refractivity contribution in [1.29, 1.82) is 0 Å². The highest BCUT2D eigenvalue weighted by molar-refractivity contribution is 5.78. The van der Waals surface area contributed by atoms with E-state index in [1.54, 1.807) is 12.1 Å². The first-order valence-electron chi connectivity index (χ1n) is 6.38. The van der Waals surface area contributed by atoms with Crippen molar-refractivity contribution >= 4 is 5.91 Å². The van der Waals surface area contributed by atoms with E-state index in [1.807, 2.05) is 11.9 Å². The minimum Gasteiger partial charge on any atom is -0.342 e. The average molecular weight is 250 g/mol. The van der Waals surface area contributed by atoms with Crippen LogP contribution in [-0.4, -0.2) is 37.0 Å². The lowest BCUT2D eigenvalue weighted by Gasteiger charge is -2.31. The second-order valence-corrected chi connectivity index (χ2v) is 4.75.